The van der Waals surface area contributed by atoms with E-state index in [9.17, 15) is 0 Å². The van der Waals surface area contributed by atoms with Gasteiger partial charge in [-0.15, -0.1) is 0 Å². The highest BCUT2D eigenvalue weighted by Gasteiger charge is 2.28. The highest BCUT2D eigenvalue weighted by molar-refractivity contribution is 6.34. The van der Waals surface area contributed by atoms with Gasteiger partial charge in [-0.1, -0.05) is 105 Å². The number of rotatable bonds is 4. The number of hydrogen-bond donors (Lipinski definition) is 0. The molecule has 0 fully saturated rings. The van der Waals surface area contributed by atoms with Crippen LogP contribution in [0.25, 0.3) is 11.1 Å². The Kier molecular flexibility index (Phi) is 5.09. The molecule has 26 heavy (non-hydrogen) atoms. The first-order valence-electron chi connectivity index (χ1n) is 9.59. The fraction of sp³-hybridized carbons (Fsp3) is 0.280. The van der Waals surface area contributed by atoms with Crippen molar-refractivity contribution >= 4 is 13.3 Å². The van der Waals surface area contributed by atoms with Gasteiger partial charge in [-0.3, -0.25) is 0 Å². The molecule has 0 spiro atoms. The summed E-state index contributed by atoms with van der Waals surface area (Å²) in [5, 5.41) is 0. The molecule has 0 bridgehead atoms. The molecule has 0 nitrogen and oxygen atoms in total. The van der Waals surface area contributed by atoms with Crippen LogP contribution in [0.5, 0.6) is 0 Å². The van der Waals surface area contributed by atoms with Gasteiger partial charge in [0.05, 0.1) is 0 Å². The van der Waals surface area contributed by atoms with Crippen molar-refractivity contribution in [3.8, 4) is 11.1 Å². The second-order valence-corrected chi connectivity index (χ2v) is 8.16. The maximum absolute atomic E-state index is 2.36. The molecule has 132 valence electrons. The molecule has 0 N–H and O–H groups in total. The zero-order chi connectivity index (χ0) is 18.9. The summed E-state index contributed by atoms with van der Waals surface area (Å²) in [4.78, 5) is 0. The minimum atomic E-state index is -0.0616. The van der Waals surface area contributed by atoms with E-state index in [-0.39, 0.29) is 5.41 Å². The van der Waals surface area contributed by atoms with E-state index in [4.69, 9.17) is 0 Å². The molecule has 1 heteroatoms. The van der Waals surface area contributed by atoms with Gasteiger partial charge < -0.3 is 0 Å². The second kappa shape index (κ2) is 7.15. The van der Waals surface area contributed by atoms with Crippen LogP contribution in [0.4, 0.5) is 0 Å². The number of benzene rings is 3. The summed E-state index contributed by atoms with van der Waals surface area (Å²) < 4.78 is 0. The van der Waals surface area contributed by atoms with Crippen molar-refractivity contribution in [2.24, 2.45) is 0 Å². The predicted molar refractivity (Wildman–Crippen MR) is 117 cm³/mol. The molecule has 0 saturated heterocycles. The summed E-state index contributed by atoms with van der Waals surface area (Å²) in [6, 6.07) is 24.4. The van der Waals surface area contributed by atoms with E-state index in [0.29, 0.717) is 5.92 Å². The normalized spacial score (nSPS) is 11.8. The molecule has 0 radical (unpaired) electrons. The average molecular weight is 340 g/mol. The van der Waals surface area contributed by atoms with Gasteiger partial charge in [0, 0.05) is 5.41 Å². The summed E-state index contributed by atoms with van der Waals surface area (Å²) in [6.07, 6.45) is 0. The third-order valence-corrected chi connectivity index (χ3v) is 5.71. The predicted octanol–water partition coefficient (Wildman–Crippen LogP) is 5.37. The fourth-order valence-electron chi connectivity index (χ4n) is 4.24. The van der Waals surface area contributed by atoms with Gasteiger partial charge in [-0.2, -0.15) is 0 Å². The molecule has 0 aliphatic heterocycles. The number of aryl methyl sites for hydroxylation is 1. The Bertz CT molecular complexity index is 919. The van der Waals surface area contributed by atoms with E-state index in [0.717, 1.165) is 0 Å². The SMILES string of the molecule is Bc1c(C(C)C)cccc1C(C)(C)c1ccccc1-c1ccccc1C. The minimum Gasteiger partial charge on any atom is -0.0816 e. The highest BCUT2D eigenvalue weighted by atomic mass is 14.3. The van der Waals surface area contributed by atoms with Crippen molar-refractivity contribution in [3.63, 3.8) is 0 Å². The Hall–Kier alpha value is -2.28. The Labute approximate surface area is 159 Å². The van der Waals surface area contributed by atoms with E-state index in [1.54, 1.807) is 0 Å². The molecule has 0 aliphatic rings. The third-order valence-electron chi connectivity index (χ3n) is 5.71. The first kappa shape index (κ1) is 18.5. The Morgan fingerprint density at radius 3 is 1.96 bits per heavy atom. The zero-order valence-corrected chi connectivity index (χ0v) is 16.9. The Balaban J connectivity index is 2.22. The molecule has 3 aromatic rings. The maximum atomic E-state index is 2.36. The van der Waals surface area contributed by atoms with E-state index in [1.165, 1.54) is 38.8 Å². The first-order valence-corrected chi connectivity index (χ1v) is 9.59. The smallest absolute Gasteiger partial charge is 0.0816 e. The van der Waals surface area contributed by atoms with Gasteiger partial charge in [-0.05, 0) is 40.7 Å². The van der Waals surface area contributed by atoms with Crippen molar-refractivity contribution in [3.05, 3.63) is 89.0 Å². The summed E-state index contributed by atoms with van der Waals surface area (Å²) in [5.41, 5.74) is 9.61. The molecule has 0 amide bonds. The fourth-order valence-corrected chi connectivity index (χ4v) is 4.24. The van der Waals surface area contributed by atoms with Crippen LogP contribution in [0, 0.1) is 6.92 Å². The largest absolute Gasteiger partial charge is 0.140 e. The minimum absolute atomic E-state index is 0.0616. The van der Waals surface area contributed by atoms with Gasteiger partial charge in [-0.25, -0.2) is 0 Å². The average Bonchev–Trinajstić information content (AvgIpc) is 2.62. The van der Waals surface area contributed by atoms with Crippen LogP contribution >= 0.6 is 0 Å². The van der Waals surface area contributed by atoms with E-state index in [1.807, 2.05) is 0 Å². The molecular weight excluding hydrogens is 311 g/mol. The molecule has 0 aromatic heterocycles. The van der Waals surface area contributed by atoms with Gasteiger partial charge in [0.2, 0.25) is 0 Å². The van der Waals surface area contributed by atoms with Crippen molar-refractivity contribution in [2.45, 2.75) is 46.0 Å². The van der Waals surface area contributed by atoms with Crippen LogP contribution in [-0.4, -0.2) is 7.85 Å². The lowest BCUT2D eigenvalue weighted by Crippen LogP contribution is -2.30. The molecule has 0 heterocycles. The quantitative estimate of drug-likeness (QED) is 0.560. The van der Waals surface area contributed by atoms with Crippen LogP contribution in [-0.2, 0) is 5.41 Å². The maximum Gasteiger partial charge on any atom is 0.140 e. The summed E-state index contributed by atoms with van der Waals surface area (Å²) in [7, 11) is 2.28. The lowest BCUT2D eigenvalue weighted by molar-refractivity contribution is 0.645. The summed E-state index contributed by atoms with van der Waals surface area (Å²) >= 11 is 0. The van der Waals surface area contributed by atoms with Crippen LogP contribution in [0.2, 0.25) is 0 Å². The molecule has 0 atom stereocenters. The second-order valence-electron chi connectivity index (χ2n) is 8.16. The highest BCUT2D eigenvalue weighted by Crippen LogP contribution is 2.38. The van der Waals surface area contributed by atoms with Crippen LogP contribution in [0.3, 0.4) is 0 Å². The van der Waals surface area contributed by atoms with Crippen LogP contribution in [0.1, 0.15) is 55.9 Å². The van der Waals surface area contributed by atoms with Gasteiger partial charge in [0.1, 0.15) is 7.85 Å². The molecule has 3 rings (SSSR count). The lowest BCUT2D eigenvalue weighted by Gasteiger charge is -2.32. The lowest BCUT2D eigenvalue weighted by atomic mass is 9.68. The number of hydrogen-bond acceptors (Lipinski definition) is 0. The monoisotopic (exact) mass is 340 g/mol. The van der Waals surface area contributed by atoms with Crippen LogP contribution < -0.4 is 5.46 Å². The van der Waals surface area contributed by atoms with E-state index < -0.39 is 0 Å². The van der Waals surface area contributed by atoms with Crippen molar-refractivity contribution in [1.82, 2.24) is 0 Å². The summed E-state index contributed by atoms with van der Waals surface area (Å²) in [6.45, 7) is 11.5. The van der Waals surface area contributed by atoms with Crippen molar-refractivity contribution in [2.75, 3.05) is 0 Å². The molecule has 0 saturated carbocycles. The van der Waals surface area contributed by atoms with Crippen molar-refractivity contribution in [1.29, 1.82) is 0 Å². The summed E-state index contributed by atoms with van der Waals surface area (Å²) in [5.74, 6) is 0.539. The van der Waals surface area contributed by atoms with E-state index in [2.05, 4.69) is 109 Å². The molecular formula is C25H29B. The Morgan fingerprint density at radius 2 is 1.31 bits per heavy atom. The zero-order valence-electron chi connectivity index (χ0n) is 16.9. The van der Waals surface area contributed by atoms with Crippen molar-refractivity contribution < 1.29 is 0 Å². The Morgan fingerprint density at radius 1 is 0.731 bits per heavy atom. The topological polar surface area (TPSA) is 0 Å². The van der Waals surface area contributed by atoms with Gasteiger partial charge in [0.15, 0.2) is 0 Å². The third kappa shape index (κ3) is 3.23. The molecule has 0 aliphatic carbocycles. The van der Waals surface area contributed by atoms with E-state index >= 15 is 0 Å². The van der Waals surface area contributed by atoms with Gasteiger partial charge >= 0.3 is 0 Å². The van der Waals surface area contributed by atoms with Gasteiger partial charge in [0.25, 0.3) is 0 Å². The standard InChI is InChI=1S/C25H29B/c1-17(2)19-14-10-16-23(24(19)26)25(4,5)22-15-9-8-13-21(22)20-12-7-6-11-18(20)3/h6-17H,26H2,1-5H3. The van der Waals surface area contributed by atoms with Crippen LogP contribution in [0.15, 0.2) is 66.7 Å². The molecule has 3 aromatic carbocycles. The first-order chi connectivity index (χ1) is 12.3. The molecule has 0 unspecified atom stereocenters.